The van der Waals surface area contributed by atoms with Crippen molar-refractivity contribution in [3.8, 4) is 0 Å². The van der Waals surface area contributed by atoms with E-state index in [-0.39, 0.29) is 5.56 Å². The van der Waals surface area contributed by atoms with Crippen molar-refractivity contribution in [3.63, 3.8) is 0 Å². The van der Waals surface area contributed by atoms with E-state index in [0.717, 1.165) is 5.69 Å². The molecule has 0 aliphatic heterocycles. The van der Waals surface area contributed by atoms with E-state index >= 15 is 0 Å². The number of hydrogen-bond acceptors (Lipinski definition) is 4. The van der Waals surface area contributed by atoms with E-state index < -0.39 is 5.97 Å². The van der Waals surface area contributed by atoms with Crippen LogP contribution in [-0.2, 0) is 6.54 Å². The molecule has 2 rings (SSSR count). The third-order valence-electron chi connectivity index (χ3n) is 2.16. The molecule has 2 N–H and O–H groups in total. The fourth-order valence-corrected chi connectivity index (χ4v) is 1.74. The lowest BCUT2D eigenvalue weighted by atomic mass is 10.3. The number of rotatable bonds is 4. The van der Waals surface area contributed by atoms with Crippen LogP contribution in [0.15, 0.2) is 33.5 Å². The summed E-state index contributed by atoms with van der Waals surface area (Å²) in [5.41, 5.74) is 0.877. The Hall–Kier alpha value is -1.53. The second-order valence-corrected chi connectivity index (χ2v) is 4.67. The summed E-state index contributed by atoms with van der Waals surface area (Å²) < 4.78 is 5.78. The van der Waals surface area contributed by atoms with E-state index in [1.807, 2.05) is 0 Å². The summed E-state index contributed by atoms with van der Waals surface area (Å²) in [5.74, 6) is -0.487. The summed E-state index contributed by atoms with van der Waals surface area (Å²) in [6.45, 7) is 0.364. The van der Waals surface area contributed by atoms with E-state index in [9.17, 15) is 4.79 Å². The smallest absolute Gasteiger partial charge is 0.338 e. The normalized spacial score (nSPS) is 10.3. The number of nitrogens with zero attached hydrogens (tertiary/aromatic N) is 1. The maximum Gasteiger partial charge on any atom is 0.338 e. The van der Waals surface area contributed by atoms with Crippen LogP contribution in [0.4, 0.5) is 5.69 Å². The zero-order valence-corrected chi connectivity index (χ0v) is 11.3. The molecule has 0 fully saturated rings. The SMILES string of the molecule is O=C(O)c1coc(CNc2cnc(Cl)c(Br)c2)c1. The average Bonchev–Trinajstić information content (AvgIpc) is 2.79. The number of carboxylic acid groups (broad SMARTS) is 1. The number of pyridine rings is 1. The molecule has 7 heteroatoms. The van der Waals surface area contributed by atoms with Gasteiger partial charge in [-0.1, -0.05) is 11.6 Å². The zero-order chi connectivity index (χ0) is 13.1. The highest BCUT2D eigenvalue weighted by Gasteiger charge is 2.08. The Morgan fingerprint density at radius 3 is 2.94 bits per heavy atom. The second-order valence-electron chi connectivity index (χ2n) is 3.46. The predicted molar refractivity (Wildman–Crippen MR) is 69.9 cm³/mol. The summed E-state index contributed by atoms with van der Waals surface area (Å²) >= 11 is 9.03. The van der Waals surface area contributed by atoms with Crippen molar-refractivity contribution in [2.24, 2.45) is 0 Å². The van der Waals surface area contributed by atoms with Crippen LogP contribution < -0.4 is 5.32 Å². The van der Waals surface area contributed by atoms with Gasteiger partial charge in [-0.25, -0.2) is 9.78 Å². The molecular formula is C11H8BrClN2O3. The molecule has 0 atom stereocenters. The van der Waals surface area contributed by atoms with E-state index in [1.165, 1.54) is 12.3 Å². The van der Waals surface area contributed by atoms with Crippen molar-refractivity contribution < 1.29 is 14.3 Å². The van der Waals surface area contributed by atoms with Crippen LogP contribution >= 0.6 is 27.5 Å². The van der Waals surface area contributed by atoms with E-state index in [4.69, 9.17) is 21.1 Å². The highest BCUT2D eigenvalue weighted by Crippen LogP contribution is 2.23. The lowest BCUT2D eigenvalue weighted by molar-refractivity contribution is 0.0696. The van der Waals surface area contributed by atoms with Gasteiger partial charge in [-0.2, -0.15) is 0 Å². The molecule has 94 valence electrons. The first-order valence-electron chi connectivity index (χ1n) is 4.92. The maximum atomic E-state index is 10.7. The Labute approximate surface area is 116 Å². The van der Waals surface area contributed by atoms with Crippen molar-refractivity contribution in [1.82, 2.24) is 4.98 Å². The lowest BCUT2D eigenvalue weighted by Gasteiger charge is -2.04. The minimum atomic E-state index is -1.01. The summed E-state index contributed by atoms with van der Waals surface area (Å²) in [4.78, 5) is 14.6. The molecule has 0 amide bonds. The number of halogens is 2. The van der Waals surface area contributed by atoms with Crippen LogP contribution in [-0.4, -0.2) is 16.1 Å². The molecular weight excluding hydrogens is 323 g/mol. The third kappa shape index (κ3) is 3.02. The maximum absolute atomic E-state index is 10.7. The van der Waals surface area contributed by atoms with Crippen molar-refractivity contribution in [3.05, 3.63) is 45.5 Å². The fraction of sp³-hybridized carbons (Fsp3) is 0.0909. The molecule has 0 unspecified atom stereocenters. The first-order chi connectivity index (χ1) is 8.56. The largest absolute Gasteiger partial charge is 0.478 e. The summed E-state index contributed by atoms with van der Waals surface area (Å²) in [6, 6.07) is 3.24. The van der Waals surface area contributed by atoms with Gasteiger partial charge in [0.25, 0.3) is 0 Å². The molecule has 0 saturated carbocycles. The number of aromatic nitrogens is 1. The number of carboxylic acids is 1. The minimum absolute atomic E-state index is 0.127. The molecule has 0 aliphatic rings. The molecule has 0 spiro atoms. The van der Waals surface area contributed by atoms with Gasteiger partial charge in [0, 0.05) is 0 Å². The quantitative estimate of drug-likeness (QED) is 0.840. The molecule has 2 aromatic rings. The van der Waals surface area contributed by atoms with Crippen LogP contribution in [0.3, 0.4) is 0 Å². The van der Waals surface area contributed by atoms with Gasteiger partial charge < -0.3 is 14.8 Å². The molecule has 2 heterocycles. The first-order valence-corrected chi connectivity index (χ1v) is 6.09. The van der Waals surface area contributed by atoms with Gasteiger partial charge >= 0.3 is 5.97 Å². The Bertz CT molecular complexity index is 585. The van der Waals surface area contributed by atoms with Crippen LogP contribution in [0, 0.1) is 0 Å². The third-order valence-corrected chi connectivity index (χ3v) is 3.30. The van der Waals surface area contributed by atoms with Gasteiger partial charge in [0.05, 0.1) is 28.5 Å². The topological polar surface area (TPSA) is 75.4 Å². The van der Waals surface area contributed by atoms with Crippen molar-refractivity contribution in [2.45, 2.75) is 6.54 Å². The Kier molecular flexibility index (Phi) is 3.88. The number of hydrogen-bond donors (Lipinski definition) is 2. The van der Waals surface area contributed by atoms with E-state index in [2.05, 4.69) is 26.2 Å². The number of aromatic carboxylic acids is 1. The van der Waals surface area contributed by atoms with Gasteiger partial charge in [-0.15, -0.1) is 0 Å². The number of furan rings is 1. The zero-order valence-electron chi connectivity index (χ0n) is 8.98. The Morgan fingerprint density at radius 1 is 1.56 bits per heavy atom. The highest BCUT2D eigenvalue weighted by molar-refractivity contribution is 9.10. The molecule has 0 radical (unpaired) electrons. The molecule has 0 saturated heterocycles. The fourth-order valence-electron chi connectivity index (χ4n) is 1.29. The molecule has 0 aromatic carbocycles. The second kappa shape index (κ2) is 5.41. The molecule has 0 aliphatic carbocycles. The Balaban J connectivity index is 2.02. The van der Waals surface area contributed by atoms with E-state index in [1.54, 1.807) is 12.3 Å². The number of nitrogens with one attached hydrogen (secondary N) is 1. The molecule has 5 nitrogen and oxygen atoms in total. The van der Waals surface area contributed by atoms with Crippen LogP contribution in [0.2, 0.25) is 5.15 Å². The van der Waals surface area contributed by atoms with Crippen molar-refractivity contribution in [2.75, 3.05) is 5.32 Å². The number of carbonyl (C=O) groups is 1. The van der Waals surface area contributed by atoms with Crippen LogP contribution in [0.25, 0.3) is 0 Å². The van der Waals surface area contributed by atoms with E-state index in [0.29, 0.717) is 21.9 Å². The van der Waals surface area contributed by atoms with Crippen molar-refractivity contribution >= 4 is 39.2 Å². The molecule has 2 aromatic heterocycles. The van der Waals surface area contributed by atoms with Crippen LogP contribution in [0.1, 0.15) is 16.1 Å². The highest BCUT2D eigenvalue weighted by atomic mass is 79.9. The summed E-state index contributed by atoms with van der Waals surface area (Å²) in [6.07, 6.45) is 2.78. The molecule has 0 bridgehead atoms. The summed E-state index contributed by atoms with van der Waals surface area (Å²) in [7, 11) is 0. The lowest BCUT2D eigenvalue weighted by Crippen LogP contribution is -1.99. The van der Waals surface area contributed by atoms with Gasteiger partial charge in [-0.05, 0) is 28.1 Å². The minimum Gasteiger partial charge on any atom is -0.478 e. The van der Waals surface area contributed by atoms with Crippen LogP contribution in [0.5, 0.6) is 0 Å². The average molecular weight is 332 g/mol. The van der Waals surface area contributed by atoms with Gasteiger partial charge in [0.2, 0.25) is 0 Å². The van der Waals surface area contributed by atoms with Gasteiger partial charge in [0.15, 0.2) is 0 Å². The monoisotopic (exact) mass is 330 g/mol. The van der Waals surface area contributed by atoms with Gasteiger partial charge in [0.1, 0.15) is 17.2 Å². The Morgan fingerprint density at radius 2 is 2.33 bits per heavy atom. The standard InChI is InChI=1S/C11H8BrClN2O3/c12-9-2-7(3-15-10(9)13)14-4-8-1-6(5-18-8)11(16)17/h1-3,5,14H,4H2,(H,16,17). The van der Waals surface area contributed by atoms with Gasteiger partial charge in [-0.3, -0.25) is 0 Å². The van der Waals surface area contributed by atoms with Crippen molar-refractivity contribution in [1.29, 1.82) is 0 Å². The summed E-state index contributed by atoms with van der Waals surface area (Å²) in [5, 5.41) is 12.2. The number of anilines is 1. The first kappa shape index (κ1) is 12.9. The molecule has 18 heavy (non-hydrogen) atoms. The predicted octanol–water partition coefficient (Wildman–Crippen LogP) is 3.40.